The number of fused-ring (bicyclic) bond motifs is 1. The number of carbonyl (C=O) groups is 1. The molecule has 2 atom stereocenters. The van der Waals surface area contributed by atoms with Gasteiger partial charge in [0.15, 0.2) is 5.78 Å². The molecular weight excluding hydrogens is 333 g/mol. The predicted molar refractivity (Wildman–Crippen MR) is 96.3 cm³/mol. The quantitative estimate of drug-likeness (QED) is 0.803. The van der Waals surface area contributed by atoms with Gasteiger partial charge in [0.2, 0.25) is 0 Å². The molecule has 1 saturated heterocycles. The predicted octanol–water partition coefficient (Wildman–Crippen LogP) is 4.39. The zero-order valence-electron chi connectivity index (χ0n) is 13.8. The molecular formula is C18H25Cl2NO2. The van der Waals surface area contributed by atoms with Crippen molar-refractivity contribution in [3.05, 3.63) is 28.3 Å². The van der Waals surface area contributed by atoms with Gasteiger partial charge in [0.05, 0.1) is 12.1 Å². The third-order valence-electron chi connectivity index (χ3n) is 5.28. The summed E-state index contributed by atoms with van der Waals surface area (Å²) in [7, 11) is 1.65. The molecule has 1 aliphatic heterocycles. The van der Waals surface area contributed by atoms with Crippen molar-refractivity contribution in [2.45, 2.75) is 45.1 Å². The summed E-state index contributed by atoms with van der Waals surface area (Å²) in [5, 5.41) is 0.566. The van der Waals surface area contributed by atoms with Crippen LogP contribution in [0.2, 0.25) is 5.02 Å². The lowest BCUT2D eigenvalue weighted by atomic mass is 9.78. The summed E-state index contributed by atoms with van der Waals surface area (Å²) in [6.45, 7) is 4.43. The van der Waals surface area contributed by atoms with Crippen molar-refractivity contribution in [3.8, 4) is 5.75 Å². The topological polar surface area (TPSA) is 29.5 Å². The first-order valence-electron chi connectivity index (χ1n) is 8.27. The second-order valence-corrected chi connectivity index (χ2v) is 6.86. The van der Waals surface area contributed by atoms with Crippen molar-refractivity contribution in [2.24, 2.45) is 5.92 Å². The zero-order valence-corrected chi connectivity index (χ0v) is 15.4. The average Bonchev–Trinajstić information content (AvgIpc) is 2.55. The normalized spacial score (nSPS) is 22.9. The molecule has 1 aliphatic carbocycles. The number of hydrogen-bond acceptors (Lipinski definition) is 3. The molecule has 3 nitrogen and oxygen atoms in total. The van der Waals surface area contributed by atoms with E-state index in [1.165, 1.54) is 19.3 Å². The van der Waals surface area contributed by atoms with E-state index in [0.717, 1.165) is 37.2 Å². The van der Waals surface area contributed by atoms with Gasteiger partial charge >= 0.3 is 0 Å². The van der Waals surface area contributed by atoms with Gasteiger partial charge in [-0.2, -0.15) is 0 Å². The molecule has 0 radical (unpaired) electrons. The third-order valence-corrected chi connectivity index (χ3v) is 5.59. The van der Waals surface area contributed by atoms with E-state index in [1.807, 2.05) is 6.07 Å². The van der Waals surface area contributed by atoms with E-state index >= 15 is 0 Å². The van der Waals surface area contributed by atoms with Crippen LogP contribution >= 0.6 is 24.0 Å². The van der Waals surface area contributed by atoms with Crippen molar-refractivity contribution < 1.29 is 9.53 Å². The van der Waals surface area contributed by atoms with Crippen molar-refractivity contribution in [1.29, 1.82) is 0 Å². The Bertz CT molecular complexity index is 570. The van der Waals surface area contributed by atoms with Crippen LogP contribution in [0.3, 0.4) is 0 Å². The molecule has 0 spiro atoms. The Morgan fingerprint density at radius 1 is 1.26 bits per heavy atom. The van der Waals surface area contributed by atoms with Crippen LogP contribution in [0.15, 0.2) is 12.1 Å². The van der Waals surface area contributed by atoms with Gasteiger partial charge < -0.3 is 4.74 Å². The molecule has 1 fully saturated rings. The maximum atomic E-state index is 13.0. The minimum Gasteiger partial charge on any atom is -0.496 e. The van der Waals surface area contributed by atoms with E-state index in [9.17, 15) is 4.79 Å². The van der Waals surface area contributed by atoms with Gasteiger partial charge in [-0.05, 0) is 57.8 Å². The number of rotatable bonds is 3. The van der Waals surface area contributed by atoms with Gasteiger partial charge in [-0.25, -0.2) is 0 Å². The van der Waals surface area contributed by atoms with E-state index in [0.29, 0.717) is 16.6 Å². The Balaban J connectivity index is 0.00000192. The smallest absolute Gasteiger partial charge is 0.169 e. The molecule has 0 bridgehead atoms. The Morgan fingerprint density at radius 2 is 1.96 bits per heavy atom. The van der Waals surface area contributed by atoms with Gasteiger partial charge in [-0.3, -0.25) is 9.69 Å². The van der Waals surface area contributed by atoms with Gasteiger partial charge in [-0.1, -0.05) is 18.0 Å². The highest BCUT2D eigenvalue weighted by Crippen LogP contribution is 2.38. The highest BCUT2D eigenvalue weighted by atomic mass is 35.5. The highest BCUT2D eigenvalue weighted by molar-refractivity contribution is 6.34. The fourth-order valence-corrected chi connectivity index (χ4v) is 4.23. The van der Waals surface area contributed by atoms with Gasteiger partial charge in [0.1, 0.15) is 5.75 Å². The standard InChI is InChI=1S/C18H24ClNO2.ClH/c1-12(20-10-4-3-5-11-20)13-6-7-14-16(22-2)9-8-15(19)17(14)18(13)21;/h8-9,12-13H,3-7,10-11H2,1-2H3;1H. The summed E-state index contributed by atoms with van der Waals surface area (Å²) in [5.74, 6) is 1.04. The molecule has 1 aromatic carbocycles. The lowest BCUT2D eigenvalue weighted by molar-refractivity contribution is 0.0729. The Morgan fingerprint density at radius 3 is 2.61 bits per heavy atom. The fraction of sp³-hybridized carbons (Fsp3) is 0.611. The van der Waals surface area contributed by atoms with Crippen LogP contribution in [0.5, 0.6) is 5.75 Å². The van der Waals surface area contributed by atoms with E-state index in [1.54, 1.807) is 13.2 Å². The second-order valence-electron chi connectivity index (χ2n) is 6.45. The Kier molecular flexibility index (Phi) is 6.35. The fourth-order valence-electron chi connectivity index (χ4n) is 3.96. The Labute approximate surface area is 149 Å². The SMILES string of the molecule is COc1ccc(Cl)c2c1CCC(C(C)N1CCCCC1)C2=O.Cl. The molecule has 2 unspecified atom stereocenters. The van der Waals surface area contributed by atoms with Gasteiger partial charge in [0, 0.05) is 23.1 Å². The van der Waals surface area contributed by atoms with E-state index in [4.69, 9.17) is 16.3 Å². The van der Waals surface area contributed by atoms with Crippen LogP contribution in [0.1, 0.15) is 48.5 Å². The summed E-state index contributed by atoms with van der Waals surface area (Å²) in [4.78, 5) is 15.5. The largest absolute Gasteiger partial charge is 0.496 e. The number of ether oxygens (including phenoxy) is 1. The minimum atomic E-state index is 0. The molecule has 3 rings (SSSR count). The number of piperidine rings is 1. The highest BCUT2D eigenvalue weighted by Gasteiger charge is 2.36. The first-order valence-corrected chi connectivity index (χ1v) is 8.65. The van der Waals surface area contributed by atoms with E-state index in [-0.39, 0.29) is 24.1 Å². The molecule has 5 heteroatoms. The van der Waals surface area contributed by atoms with Crippen molar-refractivity contribution in [1.82, 2.24) is 4.90 Å². The zero-order chi connectivity index (χ0) is 15.7. The molecule has 0 saturated carbocycles. The first-order chi connectivity index (χ1) is 10.6. The lowest BCUT2D eigenvalue weighted by Gasteiger charge is -2.38. The number of carbonyl (C=O) groups excluding carboxylic acids is 1. The molecule has 2 aliphatic rings. The summed E-state index contributed by atoms with van der Waals surface area (Å²) >= 11 is 6.33. The summed E-state index contributed by atoms with van der Waals surface area (Å²) < 4.78 is 5.41. The van der Waals surface area contributed by atoms with Crippen LogP contribution in [0.25, 0.3) is 0 Å². The lowest BCUT2D eigenvalue weighted by Crippen LogP contribution is -2.45. The van der Waals surface area contributed by atoms with Crippen LogP contribution in [-0.2, 0) is 6.42 Å². The van der Waals surface area contributed by atoms with Crippen molar-refractivity contribution in [3.63, 3.8) is 0 Å². The number of nitrogens with zero attached hydrogens (tertiary/aromatic N) is 1. The number of likely N-dealkylation sites (tertiary alicyclic amines) is 1. The van der Waals surface area contributed by atoms with E-state index < -0.39 is 0 Å². The number of benzene rings is 1. The number of Topliss-reactive ketones (excluding diaryl/α,β-unsaturated/α-hetero) is 1. The van der Waals surface area contributed by atoms with E-state index in [2.05, 4.69) is 11.8 Å². The number of methoxy groups -OCH3 is 1. The molecule has 0 aromatic heterocycles. The third kappa shape index (κ3) is 3.52. The van der Waals surface area contributed by atoms with Crippen molar-refractivity contribution in [2.75, 3.05) is 20.2 Å². The van der Waals surface area contributed by atoms with Crippen LogP contribution in [0, 0.1) is 5.92 Å². The molecule has 0 amide bonds. The summed E-state index contributed by atoms with van der Waals surface area (Å²) in [5.41, 5.74) is 1.68. The summed E-state index contributed by atoms with van der Waals surface area (Å²) in [6.07, 6.45) is 5.56. The second kappa shape index (κ2) is 7.87. The Hall–Kier alpha value is -0.770. The maximum Gasteiger partial charge on any atom is 0.169 e. The monoisotopic (exact) mass is 357 g/mol. The average molecular weight is 358 g/mol. The maximum absolute atomic E-state index is 13.0. The number of ketones is 1. The van der Waals surface area contributed by atoms with Crippen LogP contribution in [-0.4, -0.2) is 36.9 Å². The summed E-state index contributed by atoms with van der Waals surface area (Å²) in [6, 6.07) is 3.94. The molecule has 23 heavy (non-hydrogen) atoms. The number of halogens is 2. The van der Waals surface area contributed by atoms with Crippen LogP contribution < -0.4 is 4.74 Å². The molecule has 128 valence electrons. The van der Waals surface area contributed by atoms with Gasteiger partial charge in [-0.15, -0.1) is 12.4 Å². The first kappa shape index (κ1) is 18.6. The molecule has 1 aromatic rings. The molecule has 1 heterocycles. The van der Waals surface area contributed by atoms with Crippen molar-refractivity contribution >= 4 is 29.8 Å². The molecule has 0 N–H and O–H groups in total. The van der Waals surface area contributed by atoms with Crippen LogP contribution in [0.4, 0.5) is 0 Å². The number of hydrogen-bond donors (Lipinski definition) is 0. The minimum absolute atomic E-state index is 0. The van der Waals surface area contributed by atoms with Gasteiger partial charge in [0.25, 0.3) is 0 Å².